The van der Waals surface area contributed by atoms with Crippen molar-refractivity contribution in [3.8, 4) is 0 Å². The van der Waals surface area contributed by atoms with Gasteiger partial charge in [-0.25, -0.2) is 0 Å². The van der Waals surface area contributed by atoms with Crippen LogP contribution in [0.25, 0.3) is 0 Å². The summed E-state index contributed by atoms with van der Waals surface area (Å²) in [5.41, 5.74) is 7.82. The molecule has 0 heteroatoms. The van der Waals surface area contributed by atoms with Crippen LogP contribution in [0.3, 0.4) is 0 Å². The lowest BCUT2D eigenvalue weighted by Gasteiger charge is -2.22. The summed E-state index contributed by atoms with van der Waals surface area (Å²) in [4.78, 5) is 0. The first kappa shape index (κ1) is 28.0. The van der Waals surface area contributed by atoms with Crippen molar-refractivity contribution in [2.24, 2.45) is 5.41 Å². The molecule has 0 spiro atoms. The van der Waals surface area contributed by atoms with Gasteiger partial charge in [-0.1, -0.05) is 82.9 Å². The Hall–Kier alpha value is -0.780. The van der Waals surface area contributed by atoms with Crippen molar-refractivity contribution in [3.63, 3.8) is 0 Å². The maximum Gasteiger partial charge on any atom is -0.0153 e. The van der Waals surface area contributed by atoms with Crippen LogP contribution >= 0.6 is 0 Å². The molecule has 0 aliphatic carbocycles. The second kappa shape index (κ2) is 15.7. The molecule has 0 heterocycles. The Bertz CT molecular complexity index is 338. The highest BCUT2D eigenvalue weighted by atomic mass is 14.2. The highest BCUT2D eigenvalue weighted by Crippen LogP contribution is 2.27. The molecule has 0 fully saturated rings. The molecule has 0 radical (unpaired) electrons. The van der Waals surface area contributed by atoms with Gasteiger partial charge in [0, 0.05) is 0 Å². The molecule has 0 aromatic carbocycles. The minimum atomic E-state index is 0.347. The van der Waals surface area contributed by atoms with E-state index in [0.717, 1.165) is 0 Å². The van der Waals surface area contributed by atoms with E-state index in [4.69, 9.17) is 0 Å². The first-order chi connectivity index (χ1) is 10.9. The van der Waals surface area contributed by atoms with Crippen LogP contribution in [0.5, 0.6) is 0 Å². The van der Waals surface area contributed by atoms with Crippen molar-refractivity contribution >= 4 is 0 Å². The molecule has 0 amide bonds. The quantitative estimate of drug-likeness (QED) is 0.424. The van der Waals surface area contributed by atoms with Gasteiger partial charge < -0.3 is 0 Å². The Morgan fingerprint density at radius 3 is 0.833 bits per heavy atom. The molecule has 0 aromatic rings. The lowest BCUT2D eigenvalue weighted by Crippen LogP contribution is -2.09. The molecule has 24 heavy (non-hydrogen) atoms. The van der Waals surface area contributed by atoms with E-state index in [9.17, 15) is 0 Å². The largest absolute Gasteiger partial charge is 0.0996 e. The van der Waals surface area contributed by atoms with E-state index in [1.54, 1.807) is 22.3 Å². The standard InChI is InChI=1S/3C8H16/c1-6-8(4,5)7(2)3;2*1-5-7(3)8(4)6-2/h2,6H2,1,3-5H3;2*5-6H2,1-4H3/b;8-7+;8-7-. The van der Waals surface area contributed by atoms with Crippen LogP contribution in [0.4, 0.5) is 0 Å². The molecule has 144 valence electrons. The predicted molar refractivity (Wildman–Crippen MR) is 117 cm³/mol. The van der Waals surface area contributed by atoms with Crippen molar-refractivity contribution in [1.82, 2.24) is 0 Å². The van der Waals surface area contributed by atoms with Crippen LogP contribution in [-0.4, -0.2) is 0 Å². The minimum Gasteiger partial charge on any atom is -0.0996 e. The van der Waals surface area contributed by atoms with E-state index in [1.807, 2.05) is 0 Å². The third-order valence-corrected chi connectivity index (χ3v) is 5.62. The molecular formula is C24H48. The molecule has 0 unspecified atom stereocenters. The average molecular weight is 337 g/mol. The van der Waals surface area contributed by atoms with E-state index in [2.05, 4.69) is 89.7 Å². The van der Waals surface area contributed by atoms with Crippen molar-refractivity contribution in [2.75, 3.05) is 0 Å². The summed E-state index contributed by atoms with van der Waals surface area (Å²) >= 11 is 0. The zero-order valence-electron chi connectivity index (χ0n) is 19.2. The van der Waals surface area contributed by atoms with Crippen LogP contribution < -0.4 is 0 Å². The smallest absolute Gasteiger partial charge is 0.0153 e. The summed E-state index contributed by atoms with van der Waals surface area (Å²) < 4.78 is 0. The first-order valence-electron chi connectivity index (χ1n) is 9.91. The van der Waals surface area contributed by atoms with Gasteiger partial charge in [-0.05, 0) is 72.1 Å². The summed E-state index contributed by atoms with van der Waals surface area (Å²) in [7, 11) is 0. The summed E-state index contributed by atoms with van der Waals surface area (Å²) in [6.07, 6.45) is 6.01. The Morgan fingerprint density at radius 2 is 0.792 bits per heavy atom. The molecule has 0 saturated carbocycles. The van der Waals surface area contributed by atoms with Gasteiger partial charge in [0.15, 0.2) is 0 Å². The second-order valence-corrected chi connectivity index (χ2v) is 7.55. The minimum absolute atomic E-state index is 0.347. The number of hydrogen-bond acceptors (Lipinski definition) is 0. The number of rotatable bonds is 6. The third kappa shape index (κ3) is 14.8. The Morgan fingerprint density at radius 1 is 0.583 bits per heavy atom. The molecule has 0 bridgehead atoms. The van der Waals surface area contributed by atoms with Crippen LogP contribution in [0, 0.1) is 5.41 Å². The molecular weight excluding hydrogens is 288 g/mol. The van der Waals surface area contributed by atoms with Gasteiger partial charge in [0.25, 0.3) is 0 Å². The third-order valence-electron chi connectivity index (χ3n) is 5.62. The van der Waals surface area contributed by atoms with Crippen LogP contribution in [0.1, 0.15) is 115 Å². The fourth-order valence-electron chi connectivity index (χ4n) is 1.51. The molecule has 0 aliphatic heterocycles. The van der Waals surface area contributed by atoms with Gasteiger partial charge >= 0.3 is 0 Å². The van der Waals surface area contributed by atoms with Crippen LogP contribution in [0.2, 0.25) is 0 Å². The van der Waals surface area contributed by atoms with Gasteiger partial charge in [-0.2, -0.15) is 0 Å². The average Bonchev–Trinajstić information content (AvgIpc) is 2.59. The zero-order chi connectivity index (χ0) is 19.9. The normalized spacial score (nSPS) is 12.8. The Kier molecular flexibility index (Phi) is 18.4. The molecule has 0 atom stereocenters. The van der Waals surface area contributed by atoms with Crippen molar-refractivity contribution in [3.05, 3.63) is 34.4 Å². The molecule has 0 saturated heterocycles. The van der Waals surface area contributed by atoms with Gasteiger partial charge in [0.05, 0.1) is 0 Å². The monoisotopic (exact) mass is 336 g/mol. The van der Waals surface area contributed by atoms with E-state index in [1.165, 1.54) is 37.7 Å². The summed E-state index contributed by atoms with van der Waals surface area (Å²) in [6.45, 7) is 30.2. The number of allylic oxidation sites excluding steroid dienone is 5. The zero-order valence-corrected chi connectivity index (χ0v) is 19.2. The van der Waals surface area contributed by atoms with Crippen LogP contribution in [0.15, 0.2) is 34.4 Å². The van der Waals surface area contributed by atoms with E-state index in [-0.39, 0.29) is 0 Å². The second-order valence-electron chi connectivity index (χ2n) is 7.55. The molecule has 0 rings (SSSR count). The van der Waals surface area contributed by atoms with Gasteiger partial charge in [0.1, 0.15) is 0 Å². The maximum absolute atomic E-state index is 3.90. The maximum atomic E-state index is 3.90. The number of hydrogen-bond donors (Lipinski definition) is 0. The topological polar surface area (TPSA) is 0 Å². The Balaban J connectivity index is -0.000000276. The summed E-state index contributed by atoms with van der Waals surface area (Å²) in [5, 5.41) is 0. The molecule has 0 aromatic heterocycles. The molecule has 0 aliphatic rings. The molecule has 0 nitrogen and oxygen atoms in total. The highest BCUT2D eigenvalue weighted by Gasteiger charge is 2.14. The van der Waals surface area contributed by atoms with Gasteiger partial charge in [-0.3, -0.25) is 0 Å². The van der Waals surface area contributed by atoms with Gasteiger partial charge in [-0.15, -0.1) is 0 Å². The van der Waals surface area contributed by atoms with E-state index < -0.39 is 0 Å². The Labute approximate surface area is 155 Å². The van der Waals surface area contributed by atoms with Crippen LogP contribution in [-0.2, 0) is 0 Å². The molecule has 0 N–H and O–H groups in total. The van der Waals surface area contributed by atoms with E-state index in [0.29, 0.717) is 5.41 Å². The van der Waals surface area contributed by atoms with E-state index >= 15 is 0 Å². The summed E-state index contributed by atoms with van der Waals surface area (Å²) in [5.74, 6) is 0. The van der Waals surface area contributed by atoms with Gasteiger partial charge in [0.2, 0.25) is 0 Å². The highest BCUT2D eigenvalue weighted by molar-refractivity contribution is 5.08. The van der Waals surface area contributed by atoms with Crippen molar-refractivity contribution < 1.29 is 0 Å². The summed E-state index contributed by atoms with van der Waals surface area (Å²) in [6, 6.07) is 0. The fraction of sp³-hybridized carbons (Fsp3) is 0.750. The van der Waals surface area contributed by atoms with Crippen molar-refractivity contribution in [1.29, 1.82) is 0 Å². The SMILES string of the molecule is C=C(C)C(C)(C)CC.CC/C(C)=C(/C)CC.CC/C(C)=C(\C)CC. The first-order valence-corrected chi connectivity index (χ1v) is 9.91. The van der Waals surface area contributed by atoms with Crippen molar-refractivity contribution in [2.45, 2.75) is 115 Å². The lowest BCUT2D eigenvalue weighted by atomic mass is 9.84. The predicted octanol–water partition coefficient (Wildman–Crippen LogP) is 9.28. The fourth-order valence-corrected chi connectivity index (χ4v) is 1.51. The lowest BCUT2D eigenvalue weighted by molar-refractivity contribution is 0.431.